The molecule has 0 unspecified atom stereocenters. The van der Waals surface area contributed by atoms with Gasteiger partial charge in [0.2, 0.25) is 5.91 Å². The Morgan fingerprint density at radius 2 is 1.80 bits per heavy atom. The van der Waals surface area contributed by atoms with Crippen LogP contribution in [0.15, 0.2) is 48.5 Å². The monoisotopic (exact) mass is 307 g/mol. The summed E-state index contributed by atoms with van der Waals surface area (Å²) in [6, 6.07) is 11.5. The predicted molar refractivity (Wildman–Crippen MR) is 82.2 cm³/mol. The number of aromatic hydroxyl groups is 1. The number of nitrogens with one attached hydrogen (secondary N) is 1. The number of hydrogen-bond acceptors (Lipinski definition) is 2. The highest BCUT2D eigenvalue weighted by molar-refractivity contribution is 6.44. The number of halogens is 2. The van der Waals surface area contributed by atoms with Gasteiger partial charge in [-0.05, 0) is 35.9 Å². The van der Waals surface area contributed by atoms with E-state index >= 15 is 0 Å². The summed E-state index contributed by atoms with van der Waals surface area (Å²) in [7, 11) is 0. The van der Waals surface area contributed by atoms with Crippen molar-refractivity contribution >= 4 is 40.9 Å². The van der Waals surface area contributed by atoms with Crippen molar-refractivity contribution in [3.63, 3.8) is 0 Å². The van der Waals surface area contributed by atoms with Gasteiger partial charge in [0.25, 0.3) is 0 Å². The summed E-state index contributed by atoms with van der Waals surface area (Å²) in [5.74, 6) is -0.139. The van der Waals surface area contributed by atoms with Crippen LogP contribution in [0.25, 0.3) is 6.08 Å². The molecule has 102 valence electrons. The number of carbonyl (C=O) groups excluding carboxylic acids is 1. The zero-order chi connectivity index (χ0) is 14.5. The van der Waals surface area contributed by atoms with E-state index in [1.165, 1.54) is 6.08 Å². The summed E-state index contributed by atoms with van der Waals surface area (Å²) in [4.78, 5) is 11.8. The second-order valence-corrected chi connectivity index (χ2v) is 4.80. The molecule has 2 rings (SSSR count). The molecule has 0 aliphatic rings. The van der Waals surface area contributed by atoms with E-state index in [1.54, 1.807) is 48.5 Å². The molecule has 0 aromatic heterocycles. The van der Waals surface area contributed by atoms with Crippen molar-refractivity contribution in [1.29, 1.82) is 0 Å². The van der Waals surface area contributed by atoms with E-state index < -0.39 is 0 Å². The third-order valence-corrected chi connectivity index (χ3v) is 3.35. The number of carbonyl (C=O) groups is 1. The Bertz CT molecular complexity index is 651. The molecule has 0 atom stereocenters. The summed E-state index contributed by atoms with van der Waals surface area (Å²) in [6.07, 6.45) is 3.01. The maximum atomic E-state index is 11.8. The van der Waals surface area contributed by atoms with Crippen LogP contribution in [0.3, 0.4) is 0 Å². The van der Waals surface area contributed by atoms with Crippen molar-refractivity contribution in [1.82, 2.24) is 0 Å². The first-order valence-electron chi connectivity index (χ1n) is 5.78. The van der Waals surface area contributed by atoms with Gasteiger partial charge in [0, 0.05) is 6.08 Å². The number of rotatable bonds is 3. The molecule has 2 N–H and O–H groups in total. The van der Waals surface area contributed by atoms with Gasteiger partial charge in [-0.3, -0.25) is 4.79 Å². The van der Waals surface area contributed by atoms with E-state index in [1.807, 2.05) is 0 Å². The molecule has 0 saturated carbocycles. The molecule has 0 heterocycles. The van der Waals surface area contributed by atoms with Crippen LogP contribution in [0, 0.1) is 0 Å². The summed E-state index contributed by atoms with van der Waals surface area (Å²) in [6.45, 7) is 0. The zero-order valence-electron chi connectivity index (χ0n) is 10.3. The highest BCUT2D eigenvalue weighted by atomic mass is 35.5. The summed E-state index contributed by atoms with van der Waals surface area (Å²) in [5, 5.41) is 12.5. The number of phenolic OH excluding ortho intramolecular Hbond substituents is 1. The van der Waals surface area contributed by atoms with Gasteiger partial charge in [-0.25, -0.2) is 0 Å². The maximum absolute atomic E-state index is 11.8. The van der Waals surface area contributed by atoms with Crippen molar-refractivity contribution in [2.75, 3.05) is 5.32 Å². The van der Waals surface area contributed by atoms with Crippen LogP contribution >= 0.6 is 23.2 Å². The molecule has 0 bridgehead atoms. The Kier molecular flexibility index (Phi) is 4.66. The lowest BCUT2D eigenvalue weighted by Crippen LogP contribution is -2.08. The van der Waals surface area contributed by atoms with E-state index in [0.717, 1.165) is 5.56 Å². The molecule has 0 fully saturated rings. The minimum atomic E-state index is -0.317. The smallest absolute Gasteiger partial charge is 0.248 e. The van der Waals surface area contributed by atoms with Crippen molar-refractivity contribution < 1.29 is 9.90 Å². The Labute approximate surface area is 126 Å². The highest BCUT2D eigenvalue weighted by Crippen LogP contribution is 2.29. The van der Waals surface area contributed by atoms with Crippen LogP contribution in [-0.2, 0) is 4.79 Å². The zero-order valence-corrected chi connectivity index (χ0v) is 11.8. The molecule has 0 aliphatic heterocycles. The first-order valence-corrected chi connectivity index (χ1v) is 6.54. The predicted octanol–water partition coefficient (Wildman–Crippen LogP) is 4.35. The van der Waals surface area contributed by atoms with E-state index in [4.69, 9.17) is 28.3 Å². The fourth-order valence-corrected chi connectivity index (χ4v) is 1.88. The fraction of sp³-hybridized carbons (Fsp3) is 0. The number of amides is 1. The normalized spacial score (nSPS) is 10.7. The fourth-order valence-electron chi connectivity index (χ4n) is 1.53. The number of benzene rings is 2. The van der Waals surface area contributed by atoms with Gasteiger partial charge in [0.05, 0.1) is 15.7 Å². The second kappa shape index (κ2) is 6.46. The van der Waals surface area contributed by atoms with Crippen molar-refractivity contribution in [3.8, 4) is 5.75 Å². The van der Waals surface area contributed by atoms with Gasteiger partial charge in [-0.2, -0.15) is 0 Å². The van der Waals surface area contributed by atoms with Crippen molar-refractivity contribution in [2.24, 2.45) is 0 Å². The molecular formula is C15H11Cl2NO2. The van der Waals surface area contributed by atoms with Crippen LogP contribution in [0.2, 0.25) is 10.0 Å². The molecule has 20 heavy (non-hydrogen) atoms. The Morgan fingerprint density at radius 3 is 2.50 bits per heavy atom. The molecule has 0 saturated heterocycles. The largest absolute Gasteiger partial charge is 0.508 e. The Hall–Kier alpha value is -1.97. The quantitative estimate of drug-likeness (QED) is 0.828. The molecule has 5 heteroatoms. The lowest BCUT2D eigenvalue weighted by Gasteiger charge is -2.05. The Balaban J connectivity index is 2.05. The summed E-state index contributed by atoms with van der Waals surface area (Å²) < 4.78 is 0. The molecule has 1 amide bonds. The van der Waals surface area contributed by atoms with Crippen LogP contribution in [0.1, 0.15) is 5.56 Å². The van der Waals surface area contributed by atoms with Crippen LogP contribution in [0.4, 0.5) is 5.69 Å². The topological polar surface area (TPSA) is 49.3 Å². The molecule has 0 radical (unpaired) electrons. The molecule has 2 aromatic carbocycles. The maximum Gasteiger partial charge on any atom is 0.248 e. The number of hydrogen-bond donors (Lipinski definition) is 2. The minimum absolute atomic E-state index is 0.178. The summed E-state index contributed by atoms with van der Waals surface area (Å²) >= 11 is 11.8. The van der Waals surface area contributed by atoms with E-state index in [0.29, 0.717) is 15.7 Å². The molecule has 2 aromatic rings. The standard InChI is InChI=1S/C15H11Cl2NO2/c16-12-2-1-3-13(15(12)17)18-14(20)9-6-10-4-7-11(19)8-5-10/h1-9,19H,(H,18,20)/b9-6+. The average Bonchev–Trinajstić information content (AvgIpc) is 2.43. The first kappa shape index (κ1) is 14.4. The highest BCUT2D eigenvalue weighted by Gasteiger charge is 2.05. The van der Waals surface area contributed by atoms with Gasteiger partial charge >= 0.3 is 0 Å². The van der Waals surface area contributed by atoms with Crippen molar-refractivity contribution in [3.05, 3.63) is 64.1 Å². The minimum Gasteiger partial charge on any atom is -0.508 e. The van der Waals surface area contributed by atoms with Crippen LogP contribution in [-0.4, -0.2) is 11.0 Å². The molecular weight excluding hydrogens is 297 g/mol. The van der Waals surface area contributed by atoms with Crippen LogP contribution in [0.5, 0.6) is 5.75 Å². The third-order valence-electron chi connectivity index (χ3n) is 2.53. The average molecular weight is 308 g/mol. The van der Waals surface area contributed by atoms with Gasteiger partial charge < -0.3 is 10.4 Å². The number of phenols is 1. The van der Waals surface area contributed by atoms with Gasteiger partial charge in [0.1, 0.15) is 5.75 Å². The van der Waals surface area contributed by atoms with E-state index in [-0.39, 0.29) is 11.7 Å². The lowest BCUT2D eigenvalue weighted by molar-refractivity contribution is -0.111. The molecule has 0 spiro atoms. The first-order chi connectivity index (χ1) is 9.56. The Morgan fingerprint density at radius 1 is 1.10 bits per heavy atom. The van der Waals surface area contributed by atoms with Gasteiger partial charge in [-0.15, -0.1) is 0 Å². The summed E-state index contributed by atoms with van der Waals surface area (Å²) in [5.41, 5.74) is 1.26. The van der Waals surface area contributed by atoms with Gasteiger partial charge in [0.15, 0.2) is 0 Å². The second-order valence-electron chi connectivity index (χ2n) is 4.02. The van der Waals surface area contributed by atoms with Crippen LogP contribution < -0.4 is 5.32 Å². The lowest BCUT2D eigenvalue weighted by atomic mass is 10.2. The van der Waals surface area contributed by atoms with Crippen molar-refractivity contribution in [2.45, 2.75) is 0 Å². The van der Waals surface area contributed by atoms with E-state index in [2.05, 4.69) is 5.32 Å². The van der Waals surface area contributed by atoms with E-state index in [9.17, 15) is 4.79 Å². The van der Waals surface area contributed by atoms with Gasteiger partial charge in [-0.1, -0.05) is 41.4 Å². The third kappa shape index (κ3) is 3.76. The number of anilines is 1. The molecule has 0 aliphatic carbocycles. The SMILES string of the molecule is O=C(/C=C/c1ccc(O)cc1)Nc1cccc(Cl)c1Cl. The molecule has 3 nitrogen and oxygen atoms in total.